The number of benzene rings is 2. The van der Waals surface area contributed by atoms with E-state index in [1.165, 1.54) is 4.90 Å². The lowest BCUT2D eigenvalue weighted by Crippen LogP contribution is -2.34. The van der Waals surface area contributed by atoms with Crippen LogP contribution in [0.1, 0.15) is 11.1 Å². The van der Waals surface area contributed by atoms with Crippen molar-refractivity contribution in [1.82, 2.24) is 10.8 Å². The normalized spacial score (nSPS) is 10.1. The Kier molecular flexibility index (Phi) is 6.12. The molecule has 0 atom stereocenters. The predicted octanol–water partition coefficient (Wildman–Crippen LogP) is 3.34. The number of urea groups is 1. The SMILES string of the molecule is CSc1ccc(CNC(=O)NOCc2ccccc2)cc1. The molecule has 0 unspecified atom stereocenters. The third-order valence-corrected chi connectivity index (χ3v) is 3.60. The number of carbonyl (C=O) groups is 1. The predicted molar refractivity (Wildman–Crippen MR) is 84.8 cm³/mol. The molecule has 2 rings (SSSR count). The van der Waals surface area contributed by atoms with E-state index in [9.17, 15) is 4.79 Å². The summed E-state index contributed by atoms with van der Waals surface area (Å²) in [4.78, 5) is 17.9. The Morgan fingerprint density at radius 3 is 2.43 bits per heavy atom. The van der Waals surface area contributed by atoms with Crippen LogP contribution in [0.5, 0.6) is 0 Å². The van der Waals surface area contributed by atoms with Crippen LogP contribution in [0.2, 0.25) is 0 Å². The minimum absolute atomic E-state index is 0.344. The maximum absolute atomic E-state index is 11.6. The Labute approximate surface area is 128 Å². The highest BCUT2D eigenvalue weighted by Gasteiger charge is 2.01. The first-order chi connectivity index (χ1) is 10.3. The van der Waals surface area contributed by atoms with Crippen molar-refractivity contribution in [3.05, 3.63) is 65.7 Å². The molecule has 0 saturated heterocycles. The smallest absolute Gasteiger partial charge is 0.332 e. The molecule has 0 heterocycles. The molecule has 2 aromatic carbocycles. The van der Waals surface area contributed by atoms with Gasteiger partial charge in [0.25, 0.3) is 0 Å². The largest absolute Gasteiger partial charge is 0.338 e. The standard InChI is InChI=1S/C16H18N2O2S/c1-21-15-9-7-13(8-10-15)11-17-16(19)18-20-12-14-5-3-2-4-6-14/h2-10H,11-12H2,1H3,(H2,17,18,19). The van der Waals surface area contributed by atoms with Crippen LogP contribution in [0.4, 0.5) is 4.79 Å². The molecular formula is C16H18N2O2S. The summed E-state index contributed by atoms with van der Waals surface area (Å²) in [5.74, 6) is 0. The van der Waals surface area contributed by atoms with E-state index in [0.29, 0.717) is 13.2 Å². The molecule has 0 aliphatic carbocycles. The molecule has 2 aromatic rings. The van der Waals surface area contributed by atoms with E-state index in [-0.39, 0.29) is 6.03 Å². The van der Waals surface area contributed by atoms with Crippen molar-refractivity contribution in [2.75, 3.05) is 6.26 Å². The van der Waals surface area contributed by atoms with Gasteiger partial charge in [-0.3, -0.25) is 4.84 Å². The van der Waals surface area contributed by atoms with Gasteiger partial charge in [0.1, 0.15) is 0 Å². The Balaban J connectivity index is 1.67. The van der Waals surface area contributed by atoms with Crippen LogP contribution < -0.4 is 10.8 Å². The zero-order chi connectivity index (χ0) is 14.9. The number of amides is 2. The van der Waals surface area contributed by atoms with Crippen LogP contribution in [0, 0.1) is 0 Å². The van der Waals surface area contributed by atoms with Crippen LogP contribution in [0.25, 0.3) is 0 Å². The van der Waals surface area contributed by atoms with Gasteiger partial charge in [-0.2, -0.15) is 0 Å². The van der Waals surface area contributed by atoms with Gasteiger partial charge in [0.15, 0.2) is 0 Å². The van der Waals surface area contributed by atoms with Crippen molar-refractivity contribution < 1.29 is 9.63 Å². The van der Waals surface area contributed by atoms with Gasteiger partial charge in [-0.25, -0.2) is 10.3 Å². The van der Waals surface area contributed by atoms with Crippen molar-refractivity contribution >= 4 is 17.8 Å². The average molecular weight is 302 g/mol. The van der Waals surface area contributed by atoms with E-state index >= 15 is 0 Å². The molecule has 21 heavy (non-hydrogen) atoms. The molecule has 0 saturated carbocycles. The van der Waals surface area contributed by atoms with Gasteiger partial charge in [0.2, 0.25) is 0 Å². The number of hydrogen-bond donors (Lipinski definition) is 2. The van der Waals surface area contributed by atoms with Gasteiger partial charge in [-0.15, -0.1) is 11.8 Å². The fraction of sp³-hybridized carbons (Fsp3) is 0.188. The van der Waals surface area contributed by atoms with E-state index in [1.54, 1.807) is 11.8 Å². The van der Waals surface area contributed by atoms with E-state index in [1.807, 2.05) is 60.9 Å². The maximum Gasteiger partial charge on any atom is 0.338 e. The molecule has 0 radical (unpaired) electrons. The van der Waals surface area contributed by atoms with Gasteiger partial charge in [-0.05, 0) is 29.5 Å². The first-order valence-corrected chi connectivity index (χ1v) is 7.83. The quantitative estimate of drug-likeness (QED) is 0.635. The Hall–Kier alpha value is -1.98. The lowest BCUT2D eigenvalue weighted by Gasteiger charge is -2.08. The van der Waals surface area contributed by atoms with Gasteiger partial charge in [0, 0.05) is 11.4 Å². The highest BCUT2D eigenvalue weighted by Crippen LogP contribution is 2.14. The second kappa shape index (κ2) is 8.34. The molecule has 4 nitrogen and oxygen atoms in total. The highest BCUT2D eigenvalue weighted by atomic mass is 32.2. The molecule has 0 aliphatic heterocycles. The summed E-state index contributed by atoms with van der Waals surface area (Å²) >= 11 is 1.69. The molecule has 5 heteroatoms. The van der Waals surface area contributed by atoms with Crippen molar-refractivity contribution in [3.63, 3.8) is 0 Å². The minimum atomic E-state index is -0.347. The Morgan fingerprint density at radius 2 is 1.76 bits per heavy atom. The molecule has 0 bridgehead atoms. The molecule has 2 amide bonds. The third-order valence-electron chi connectivity index (χ3n) is 2.86. The van der Waals surface area contributed by atoms with Crippen molar-refractivity contribution in [1.29, 1.82) is 0 Å². The van der Waals surface area contributed by atoms with E-state index in [0.717, 1.165) is 11.1 Å². The number of thioether (sulfide) groups is 1. The summed E-state index contributed by atoms with van der Waals surface area (Å²) in [6.45, 7) is 0.811. The first kappa shape index (κ1) is 15.4. The van der Waals surface area contributed by atoms with E-state index in [4.69, 9.17) is 4.84 Å². The number of carbonyl (C=O) groups excluding carboxylic acids is 1. The second-order valence-corrected chi connectivity index (χ2v) is 5.29. The first-order valence-electron chi connectivity index (χ1n) is 6.60. The molecule has 110 valence electrons. The molecule has 0 spiro atoms. The molecule has 0 aromatic heterocycles. The van der Waals surface area contributed by atoms with E-state index < -0.39 is 0 Å². The molecular weight excluding hydrogens is 284 g/mol. The lowest BCUT2D eigenvalue weighted by molar-refractivity contribution is 0.0490. The number of rotatable bonds is 6. The highest BCUT2D eigenvalue weighted by molar-refractivity contribution is 7.98. The molecule has 0 fully saturated rings. The summed E-state index contributed by atoms with van der Waals surface area (Å²) in [7, 11) is 0. The van der Waals surface area contributed by atoms with Crippen LogP contribution in [0.15, 0.2) is 59.5 Å². The Bertz CT molecular complexity index is 558. The molecule has 2 N–H and O–H groups in total. The van der Waals surface area contributed by atoms with Gasteiger partial charge >= 0.3 is 6.03 Å². The van der Waals surface area contributed by atoms with Crippen molar-refractivity contribution in [2.45, 2.75) is 18.0 Å². The monoisotopic (exact) mass is 302 g/mol. The van der Waals surface area contributed by atoms with Crippen molar-refractivity contribution in [2.24, 2.45) is 0 Å². The topological polar surface area (TPSA) is 50.4 Å². The maximum atomic E-state index is 11.6. The van der Waals surface area contributed by atoms with Gasteiger partial charge in [-0.1, -0.05) is 42.5 Å². The summed E-state index contributed by atoms with van der Waals surface area (Å²) in [6.07, 6.45) is 2.03. The summed E-state index contributed by atoms with van der Waals surface area (Å²) < 4.78 is 0. The van der Waals surface area contributed by atoms with Gasteiger partial charge in [0.05, 0.1) is 6.61 Å². The fourth-order valence-corrected chi connectivity index (χ4v) is 2.13. The average Bonchev–Trinajstić information content (AvgIpc) is 2.54. The van der Waals surface area contributed by atoms with Gasteiger partial charge < -0.3 is 5.32 Å². The Morgan fingerprint density at radius 1 is 1.05 bits per heavy atom. The number of hydrogen-bond acceptors (Lipinski definition) is 3. The summed E-state index contributed by atoms with van der Waals surface area (Å²) in [5, 5.41) is 2.74. The van der Waals surface area contributed by atoms with Crippen molar-refractivity contribution in [3.8, 4) is 0 Å². The number of hydroxylamine groups is 1. The van der Waals surface area contributed by atoms with Crippen LogP contribution in [-0.2, 0) is 18.0 Å². The second-order valence-electron chi connectivity index (χ2n) is 4.41. The number of nitrogens with one attached hydrogen (secondary N) is 2. The zero-order valence-electron chi connectivity index (χ0n) is 11.8. The summed E-state index contributed by atoms with van der Waals surface area (Å²) in [5.41, 5.74) is 4.42. The minimum Gasteiger partial charge on any atom is -0.332 e. The van der Waals surface area contributed by atoms with Crippen LogP contribution in [0.3, 0.4) is 0 Å². The third kappa shape index (κ3) is 5.49. The fourth-order valence-electron chi connectivity index (χ4n) is 1.72. The van der Waals surface area contributed by atoms with Crippen LogP contribution in [-0.4, -0.2) is 12.3 Å². The van der Waals surface area contributed by atoms with Crippen LogP contribution >= 0.6 is 11.8 Å². The lowest BCUT2D eigenvalue weighted by atomic mass is 10.2. The zero-order valence-corrected chi connectivity index (χ0v) is 12.7. The molecule has 0 aliphatic rings. The van der Waals surface area contributed by atoms with E-state index in [2.05, 4.69) is 10.8 Å². The summed E-state index contributed by atoms with van der Waals surface area (Å²) in [6, 6.07) is 17.4.